The van der Waals surface area contributed by atoms with Crippen molar-refractivity contribution < 1.29 is 24.2 Å². The molecule has 0 saturated heterocycles. The first kappa shape index (κ1) is 20.0. The summed E-state index contributed by atoms with van der Waals surface area (Å²) in [6, 6.07) is 10.8. The molecule has 0 aromatic heterocycles. The second-order valence-corrected chi connectivity index (χ2v) is 6.10. The number of aromatic carboxylic acids is 1. The van der Waals surface area contributed by atoms with Gasteiger partial charge in [-0.15, -0.1) is 0 Å². The Labute approximate surface area is 164 Å². The molecule has 0 unspecified atom stereocenters. The highest BCUT2D eigenvalue weighted by Gasteiger charge is 2.13. The Morgan fingerprint density at radius 2 is 1.85 bits per heavy atom. The summed E-state index contributed by atoms with van der Waals surface area (Å²) < 4.78 is 11.1. The Kier molecular flexibility index (Phi) is 6.57. The number of nitrogens with one attached hydrogen (secondary N) is 1. The standard InChI is InChI=1S/C19H15BrN2O5/c1-26-16-9-11(8-15(20)17(16)27-2)7-13(10-21)18(23)22-14-5-3-12(4-6-14)19(24)25/h3-9H,1-2H3,(H,22,23)(H,24,25)/b13-7+. The SMILES string of the molecule is COc1cc(/C=C(\C#N)C(=O)Nc2ccc(C(=O)O)cc2)cc(Br)c1OC. The van der Waals surface area contributed by atoms with Crippen LogP contribution in [0, 0.1) is 11.3 Å². The van der Waals surface area contributed by atoms with Crippen molar-refractivity contribution in [2.45, 2.75) is 0 Å². The van der Waals surface area contributed by atoms with Crippen LogP contribution in [0.1, 0.15) is 15.9 Å². The van der Waals surface area contributed by atoms with Crippen LogP contribution in [-0.4, -0.2) is 31.2 Å². The lowest BCUT2D eigenvalue weighted by Gasteiger charge is -2.11. The molecule has 2 rings (SSSR count). The molecule has 2 aromatic carbocycles. The van der Waals surface area contributed by atoms with Crippen LogP contribution in [0.4, 0.5) is 5.69 Å². The van der Waals surface area contributed by atoms with E-state index >= 15 is 0 Å². The van der Waals surface area contributed by atoms with Crippen molar-refractivity contribution in [3.63, 3.8) is 0 Å². The van der Waals surface area contributed by atoms with E-state index in [-0.39, 0.29) is 11.1 Å². The van der Waals surface area contributed by atoms with Crippen molar-refractivity contribution in [1.29, 1.82) is 5.26 Å². The van der Waals surface area contributed by atoms with Gasteiger partial charge in [-0.3, -0.25) is 4.79 Å². The number of methoxy groups -OCH3 is 2. The third-order valence-electron chi connectivity index (χ3n) is 3.52. The quantitative estimate of drug-likeness (QED) is 0.533. The van der Waals surface area contributed by atoms with Crippen LogP contribution < -0.4 is 14.8 Å². The van der Waals surface area contributed by atoms with Crippen molar-refractivity contribution in [3.8, 4) is 17.6 Å². The van der Waals surface area contributed by atoms with E-state index in [1.165, 1.54) is 44.6 Å². The first-order chi connectivity index (χ1) is 12.9. The minimum Gasteiger partial charge on any atom is -0.493 e. The zero-order valence-electron chi connectivity index (χ0n) is 14.4. The van der Waals surface area contributed by atoms with Gasteiger partial charge >= 0.3 is 5.97 Å². The lowest BCUT2D eigenvalue weighted by molar-refractivity contribution is -0.112. The first-order valence-corrected chi connectivity index (χ1v) is 8.37. The highest BCUT2D eigenvalue weighted by atomic mass is 79.9. The van der Waals surface area contributed by atoms with Crippen LogP contribution in [-0.2, 0) is 4.79 Å². The smallest absolute Gasteiger partial charge is 0.335 e. The molecule has 0 fully saturated rings. The molecule has 27 heavy (non-hydrogen) atoms. The van der Waals surface area contributed by atoms with Gasteiger partial charge in [0.15, 0.2) is 11.5 Å². The van der Waals surface area contributed by atoms with Crippen molar-refractivity contribution in [2.75, 3.05) is 19.5 Å². The Balaban J connectivity index is 2.27. The molecule has 138 valence electrons. The van der Waals surface area contributed by atoms with Crippen LogP contribution in [0.15, 0.2) is 46.4 Å². The van der Waals surface area contributed by atoms with Gasteiger partial charge in [-0.1, -0.05) is 0 Å². The average Bonchev–Trinajstić information content (AvgIpc) is 2.65. The second kappa shape index (κ2) is 8.87. The summed E-state index contributed by atoms with van der Waals surface area (Å²) in [6.07, 6.45) is 1.41. The summed E-state index contributed by atoms with van der Waals surface area (Å²) in [5.74, 6) is -0.743. The maximum atomic E-state index is 12.3. The summed E-state index contributed by atoms with van der Waals surface area (Å²) in [5, 5.41) is 20.8. The van der Waals surface area contributed by atoms with Crippen LogP contribution in [0.3, 0.4) is 0 Å². The molecule has 2 N–H and O–H groups in total. The number of hydrogen-bond acceptors (Lipinski definition) is 5. The van der Waals surface area contributed by atoms with E-state index in [1.807, 2.05) is 6.07 Å². The van der Waals surface area contributed by atoms with Crippen LogP contribution in [0.5, 0.6) is 11.5 Å². The molecule has 2 aromatic rings. The molecule has 0 spiro atoms. The van der Waals surface area contributed by atoms with Crippen molar-refractivity contribution in [3.05, 3.63) is 57.6 Å². The zero-order chi connectivity index (χ0) is 20.0. The third kappa shape index (κ3) is 4.86. The lowest BCUT2D eigenvalue weighted by atomic mass is 10.1. The molecular weight excluding hydrogens is 416 g/mol. The maximum absolute atomic E-state index is 12.3. The summed E-state index contributed by atoms with van der Waals surface area (Å²) in [5.41, 5.74) is 0.905. The van der Waals surface area contributed by atoms with Gasteiger partial charge in [-0.05, 0) is 64.0 Å². The van der Waals surface area contributed by atoms with E-state index in [1.54, 1.807) is 12.1 Å². The molecule has 0 heterocycles. The van der Waals surface area contributed by atoms with Crippen molar-refractivity contribution in [1.82, 2.24) is 0 Å². The van der Waals surface area contributed by atoms with E-state index in [9.17, 15) is 14.9 Å². The first-order valence-electron chi connectivity index (χ1n) is 7.57. The lowest BCUT2D eigenvalue weighted by Crippen LogP contribution is -2.13. The van der Waals surface area contributed by atoms with E-state index in [0.717, 1.165) is 0 Å². The average molecular weight is 431 g/mol. The summed E-state index contributed by atoms with van der Waals surface area (Å²) in [7, 11) is 2.98. The van der Waals surface area contributed by atoms with Crippen LogP contribution in [0.2, 0.25) is 0 Å². The van der Waals surface area contributed by atoms with Gasteiger partial charge in [0.2, 0.25) is 0 Å². The van der Waals surface area contributed by atoms with Crippen LogP contribution in [0.25, 0.3) is 6.08 Å². The van der Waals surface area contributed by atoms with Gasteiger partial charge in [-0.25, -0.2) is 4.79 Å². The number of ether oxygens (including phenoxy) is 2. The van der Waals surface area contributed by atoms with Gasteiger partial charge in [0.1, 0.15) is 11.6 Å². The number of amides is 1. The molecule has 0 bridgehead atoms. The number of nitrogens with zero attached hydrogens (tertiary/aromatic N) is 1. The van der Waals surface area contributed by atoms with Gasteiger partial charge in [0.05, 0.1) is 24.3 Å². The van der Waals surface area contributed by atoms with Crippen molar-refractivity contribution in [2.24, 2.45) is 0 Å². The molecule has 8 heteroatoms. The second-order valence-electron chi connectivity index (χ2n) is 5.24. The zero-order valence-corrected chi connectivity index (χ0v) is 16.0. The van der Waals surface area contributed by atoms with Gasteiger partial charge in [0.25, 0.3) is 5.91 Å². The maximum Gasteiger partial charge on any atom is 0.335 e. The number of carboxylic acid groups (broad SMARTS) is 1. The molecule has 0 atom stereocenters. The number of hydrogen-bond donors (Lipinski definition) is 2. The summed E-state index contributed by atoms with van der Waals surface area (Å²) in [6.45, 7) is 0. The Hall–Kier alpha value is -3.31. The van der Waals surface area contributed by atoms with Gasteiger partial charge in [0, 0.05) is 5.69 Å². The topological polar surface area (TPSA) is 109 Å². The fraction of sp³-hybridized carbons (Fsp3) is 0.105. The summed E-state index contributed by atoms with van der Waals surface area (Å²) in [4.78, 5) is 23.2. The number of halogens is 1. The molecule has 0 saturated carbocycles. The molecule has 0 aliphatic rings. The predicted molar refractivity (Wildman–Crippen MR) is 103 cm³/mol. The number of anilines is 1. The summed E-state index contributed by atoms with van der Waals surface area (Å²) >= 11 is 3.35. The van der Waals surface area contributed by atoms with Gasteiger partial charge < -0.3 is 19.9 Å². The largest absolute Gasteiger partial charge is 0.493 e. The molecular formula is C19H15BrN2O5. The molecule has 7 nitrogen and oxygen atoms in total. The Morgan fingerprint density at radius 3 is 2.37 bits per heavy atom. The monoisotopic (exact) mass is 430 g/mol. The highest BCUT2D eigenvalue weighted by molar-refractivity contribution is 9.10. The predicted octanol–water partition coefficient (Wildman–Crippen LogP) is 3.71. The minimum atomic E-state index is -1.07. The van der Waals surface area contributed by atoms with Gasteiger partial charge in [-0.2, -0.15) is 5.26 Å². The van der Waals surface area contributed by atoms with E-state index in [2.05, 4.69) is 21.2 Å². The number of nitriles is 1. The van der Waals surface area contributed by atoms with E-state index in [4.69, 9.17) is 14.6 Å². The fourth-order valence-electron chi connectivity index (χ4n) is 2.23. The normalized spacial score (nSPS) is 10.7. The molecule has 0 aliphatic carbocycles. The molecule has 1 amide bonds. The Bertz CT molecular complexity index is 946. The molecule has 0 aliphatic heterocycles. The fourth-order valence-corrected chi connectivity index (χ4v) is 2.85. The Morgan fingerprint density at radius 1 is 1.19 bits per heavy atom. The third-order valence-corrected chi connectivity index (χ3v) is 4.11. The molecule has 0 radical (unpaired) electrons. The minimum absolute atomic E-state index is 0.0965. The number of benzene rings is 2. The van der Waals surface area contributed by atoms with Crippen LogP contribution >= 0.6 is 15.9 Å². The van der Waals surface area contributed by atoms with E-state index in [0.29, 0.717) is 27.2 Å². The number of carbonyl (C=O) groups excluding carboxylic acids is 1. The number of rotatable bonds is 6. The highest BCUT2D eigenvalue weighted by Crippen LogP contribution is 2.36. The van der Waals surface area contributed by atoms with E-state index < -0.39 is 11.9 Å². The van der Waals surface area contributed by atoms with Crippen molar-refractivity contribution >= 4 is 39.6 Å². The number of carbonyl (C=O) groups is 2. The number of carboxylic acids is 1.